The summed E-state index contributed by atoms with van der Waals surface area (Å²) in [7, 11) is 0. The van der Waals surface area contributed by atoms with Crippen molar-refractivity contribution in [2.45, 2.75) is 12.5 Å². The number of pyridine rings is 1. The summed E-state index contributed by atoms with van der Waals surface area (Å²) in [5, 5.41) is 26.6. The molecule has 0 radical (unpaired) electrons. The number of hydrogen-bond donors (Lipinski definition) is 3. The number of nitro groups is 1. The Morgan fingerprint density at radius 3 is 2.78 bits per heavy atom. The number of hydrogen-bond acceptors (Lipinski definition) is 7. The smallest absolute Gasteiger partial charge is 0.310 e. The zero-order valence-electron chi connectivity index (χ0n) is 12.2. The highest BCUT2D eigenvalue weighted by Crippen LogP contribution is 2.29. The van der Waals surface area contributed by atoms with Crippen molar-refractivity contribution in [3.8, 4) is 5.75 Å². The van der Waals surface area contributed by atoms with E-state index in [4.69, 9.17) is 4.74 Å². The highest BCUT2D eigenvalue weighted by Gasteiger charge is 2.21. The van der Waals surface area contributed by atoms with Crippen LogP contribution in [0.15, 0.2) is 36.5 Å². The highest BCUT2D eigenvalue weighted by molar-refractivity contribution is 5.68. The summed E-state index contributed by atoms with van der Waals surface area (Å²) in [5.74, 6) is 0.638. The number of benzene rings is 1. The molecule has 0 amide bonds. The lowest BCUT2D eigenvalue weighted by molar-refractivity contribution is -0.384. The van der Waals surface area contributed by atoms with Gasteiger partial charge in [0.05, 0.1) is 17.6 Å². The number of rotatable bonds is 5. The molecule has 2 heterocycles. The quantitative estimate of drug-likeness (QED) is 0.442. The van der Waals surface area contributed by atoms with Gasteiger partial charge in [-0.25, -0.2) is 4.98 Å². The molecule has 0 aliphatic carbocycles. The molecule has 8 nitrogen and oxygen atoms in total. The number of anilines is 3. The van der Waals surface area contributed by atoms with Crippen molar-refractivity contribution >= 4 is 22.9 Å². The summed E-state index contributed by atoms with van der Waals surface area (Å²) in [4.78, 5) is 14.8. The fourth-order valence-electron chi connectivity index (χ4n) is 2.34. The minimum absolute atomic E-state index is 0.0534. The van der Waals surface area contributed by atoms with Crippen LogP contribution in [0.4, 0.5) is 22.9 Å². The Morgan fingerprint density at radius 2 is 2.13 bits per heavy atom. The minimum atomic E-state index is -0.463. The predicted molar refractivity (Wildman–Crippen MR) is 85.1 cm³/mol. The van der Waals surface area contributed by atoms with E-state index in [1.165, 1.54) is 6.20 Å². The van der Waals surface area contributed by atoms with E-state index in [0.29, 0.717) is 24.7 Å². The van der Waals surface area contributed by atoms with Crippen LogP contribution in [0.5, 0.6) is 5.75 Å². The van der Waals surface area contributed by atoms with Crippen molar-refractivity contribution in [1.82, 2.24) is 4.98 Å². The van der Waals surface area contributed by atoms with Crippen molar-refractivity contribution < 1.29 is 14.8 Å². The average molecular weight is 316 g/mol. The van der Waals surface area contributed by atoms with E-state index in [-0.39, 0.29) is 17.5 Å². The lowest BCUT2D eigenvalue weighted by Gasteiger charge is -2.13. The number of phenols is 1. The van der Waals surface area contributed by atoms with Crippen LogP contribution in [0.2, 0.25) is 0 Å². The normalized spacial score (nSPS) is 17.0. The maximum absolute atomic E-state index is 11.1. The fourth-order valence-corrected chi connectivity index (χ4v) is 2.34. The predicted octanol–water partition coefficient (Wildman–Crippen LogP) is 2.64. The van der Waals surface area contributed by atoms with Crippen LogP contribution in [0.3, 0.4) is 0 Å². The molecule has 0 bridgehead atoms. The number of aromatic nitrogens is 1. The van der Waals surface area contributed by atoms with Crippen LogP contribution in [-0.2, 0) is 4.74 Å². The van der Waals surface area contributed by atoms with Gasteiger partial charge >= 0.3 is 5.69 Å². The van der Waals surface area contributed by atoms with Crippen LogP contribution in [0.1, 0.15) is 6.42 Å². The molecule has 1 atom stereocenters. The Balaban J connectivity index is 1.83. The van der Waals surface area contributed by atoms with Crippen LogP contribution in [0.25, 0.3) is 0 Å². The van der Waals surface area contributed by atoms with Crippen molar-refractivity contribution in [3.05, 3.63) is 46.6 Å². The third-order valence-corrected chi connectivity index (χ3v) is 3.51. The van der Waals surface area contributed by atoms with E-state index >= 15 is 0 Å². The van der Waals surface area contributed by atoms with Gasteiger partial charge < -0.3 is 20.5 Å². The number of nitrogens with one attached hydrogen (secondary N) is 2. The highest BCUT2D eigenvalue weighted by atomic mass is 16.6. The summed E-state index contributed by atoms with van der Waals surface area (Å²) in [6.45, 7) is 1.18. The van der Waals surface area contributed by atoms with Gasteiger partial charge in [-0.2, -0.15) is 0 Å². The van der Waals surface area contributed by atoms with Gasteiger partial charge in [0.1, 0.15) is 23.5 Å². The molecule has 8 heteroatoms. The van der Waals surface area contributed by atoms with E-state index in [2.05, 4.69) is 15.6 Å². The monoisotopic (exact) mass is 316 g/mol. The second kappa shape index (κ2) is 6.49. The summed E-state index contributed by atoms with van der Waals surface area (Å²) in [6, 6.07) is 8.12. The van der Waals surface area contributed by atoms with E-state index in [1.54, 1.807) is 30.3 Å². The minimum Gasteiger partial charge on any atom is -0.508 e. The first kappa shape index (κ1) is 15.0. The first-order valence-corrected chi connectivity index (χ1v) is 7.16. The van der Waals surface area contributed by atoms with Crippen molar-refractivity contribution in [2.24, 2.45) is 0 Å². The molecule has 23 heavy (non-hydrogen) atoms. The third kappa shape index (κ3) is 3.67. The largest absolute Gasteiger partial charge is 0.508 e. The fraction of sp³-hybridized carbons (Fsp3) is 0.267. The number of ether oxygens (including phenoxy) is 1. The first-order valence-electron chi connectivity index (χ1n) is 7.16. The molecule has 1 aromatic heterocycles. The maximum Gasteiger partial charge on any atom is 0.310 e. The van der Waals surface area contributed by atoms with Gasteiger partial charge in [0, 0.05) is 18.4 Å². The zero-order valence-corrected chi connectivity index (χ0v) is 12.2. The molecule has 120 valence electrons. The zero-order chi connectivity index (χ0) is 16.2. The van der Waals surface area contributed by atoms with Crippen molar-refractivity contribution in [1.29, 1.82) is 0 Å². The first-order chi connectivity index (χ1) is 11.1. The Morgan fingerprint density at radius 1 is 1.35 bits per heavy atom. The van der Waals surface area contributed by atoms with E-state index in [0.717, 1.165) is 12.1 Å². The molecule has 1 aliphatic heterocycles. The molecule has 1 aliphatic rings. The summed E-state index contributed by atoms with van der Waals surface area (Å²) in [6.07, 6.45) is 2.03. The van der Waals surface area contributed by atoms with Gasteiger partial charge in [-0.15, -0.1) is 0 Å². The molecule has 0 unspecified atom stereocenters. The molecule has 3 N–H and O–H groups in total. The number of aromatic hydroxyl groups is 1. The topological polar surface area (TPSA) is 110 Å². The Hall–Kier alpha value is -2.87. The van der Waals surface area contributed by atoms with Crippen LogP contribution in [0, 0.1) is 10.1 Å². The van der Waals surface area contributed by atoms with Gasteiger partial charge in [0.25, 0.3) is 0 Å². The van der Waals surface area contributed by atoms with Crippen molar-refractivity contribution in [3.63, 3.8) is 0 Å². The molecular formula is C15H16N4O4. The van der Waals surface area contributed by atoms with Crippen LogP contribution < -0.4 is 10.6 Å². The molecule has 1 aromatic carbocycles. The summed E-state index contributed by atoms with van der Waals surface area (Å²) in [5.41, 5.74) is 1.05. The van der Waals surface area contributed by atoms with E-state index in [9.17, 15) is 15.2 Å². The van der Waals surface area contributed by atoms with Gasteiger partial charge in [-0.1, -0.05) is 0 Å². The third-order valence-electron chi connectivity index (χ3n) is 3.51. The molecule has 1 fully saturated rings. The van der Waals surface area contributed by atoms with E-state index in [1.807, 2.05) is 0 Å². The second-order valence-electron chi connectivity index (χ2n) is 5.22. The summed E-state index contributed by atoms with van der Waals surface area (Å²) >= 11 is 0. The molecule has 0 spiro atoms. The molecule has 0 saturated carbocycles. The lowest BCUT2D eigenvalue weighted by Crippen LogP contribution is -2.19. The Labute approximate surface area is 132 Å². The van der Waals surface area contributed by atoms with E-state index < -0.39 is 4.92 Å². The number of phenolic OH excluding ortho intramolecular Hbond substituents is 1. The van der Waals surface area contributed by atoms with Gasteiger partial charge in [0.2, 0.25) is 0 Å². The van der Waals surface area contributed by atoms with Crippen LogP contribution in [-0.4, -0.2) is 34.3 Å². The molecule has 1 saturated heterocycles. The maximum atomic E-state index is 11.1. The van der Waals surface area contributed by atoms with Gasteiger partial charge in [0.15, 0.2) is 0 Å². The van der Waals surface area contributed by atoms with Crippen molar-refractivity contribution in [2.75, 3.05) is 23.8 Å². The van der Waals surface area contributed by atoms with Gasteiger partial charge in [-0.3, -0.25) is 10.1 Å². The molecule has 2 aromatic rings. The second-order valence-corrected chi connectivity index (χ2v) is 5.22. The molecular weight excluding hydrogens is 300 g/mol. The SMILES string of the molecule is O=[N+]([O-])c1cnc(Nc2ccc(O)cc2)cc1N[C@H]1CCOC1. The Bertz CT molecular complexity index is 699. The Kier molecular flexibility index (Phi) is 4.24. The average Bonchev–Trinajstić information content (AvgIpc) is 3.02. The van der Waals surface area contributed by atoms with Gasteiger partial charge in [-0.05, 0) is 30.7 Å². The standard InChI is InChI=1S/C15H16N4O4/c20-12-3-1-10(2-4-12)18-15-7-13(14(8-16-15)19(21)22)17-11-5-6-23-9-11/h1-4,7-8,11,20H,5-6,9H2,(H2,16,17,18)/t11-/m0/s1. The lowest BCUT2D eigenvalue weighted by atomic mass is 10.2. The summed E-state index contributed by atoms with van der Waals surface area (Å²) < 4.78 is 5.28. The van der Waals surface area contributed by atoms with Crippen LogP contribution >= 0.6 is 0 Å². The number of nitrogens with zero attached hydrogens (tertiary/aromatic N) is 2. The molecule has 3 rings (SSSR count).